The predicted octanol–water partition coefficient (Wildman–Crippen LogP) is 2.64. The molecule has 0 saturated heterocycles. The highest BCUT2D eigenvalue weighted by atomic mass is 16.4. The SMILES string of the molecule is CCCC/C=C/CC(=O)N[C@@](CCO)(CCCC)C(=O)O. The molecule has 21 heavy (non-hydrogen) atoms. The summed E-state index contributed by atoms with van der Waals surface area (Å²) in [7, 11) is 0. The number of allylic oxidation sites excluding steroid dienone is 1. The fourth-order valence-corrected chi connectivity index (χ4v) is 2.13. The van der Waals surface area contributed by atoms with Gasteiger partial charge in [0.1, 0.15) is 5.54 Å². The van der Waals surface area contributed by atoms with Crippen molar-refractivity contribution in [2.75, 3.05) is 6.61 Å². The molecule has 0 aromatic carbocycles. The molecule has 0 spiro atoms. The molecular formula is C16H29NO4. The lowest BCUT2D eigenvalue weighted by Gasteiger charge is -2.30. The summed E-state index contributed by atoms with van der Waals surface area (Å²) < 4.78 is 0. The number of aliphatic hydroxyl groups is 1. The van der Waals surface area contributed by atoms with Crippen LogP contribution in [0.25, 0.3) is 0 Å². The Morgan fingerprint density at radius 2 is 1.76 bits per heavy atom. The van der Waals surface area contributed by atoms with Crippen LogP contribution in [0.4, 0.5) is 0 Å². The molecule has 0 aromatic heterocycles. The summed E-state index contributed by atoms with van der Waals surface area (Å²) in [5, 5.41) is 21.1. The zero-order valence-electron chi connectivity index (χ0n) is 13.2. The topological polar surface area (TPSA) is 86.6 Å². The highest BCUT2D eigenvalue weighted by Crippen LogP contribution is 2.19. The second kappa shape index (κ2) is 11.3. The van der Waals surface area contributed by atoms with E-state index in [-0.39, 0.29) is 25.4 Å². The highest BCUT2D eigenvalue weighted by molar-refractivity contribution is 5.87. The molecule has 5 heteroatoms. The Labute approximate surface area is 127 Å². The fraction of sp³-hybridized carbons (Fsp3) is 0.750. The molecule has 0 unspecified atom stereocenters. The van der Waals surface area contributed by atoms with Crippen molar-refractivity contribution in [2.24, 2.45) is 0 Å². The van der Waals surface area contributed by atoms with Gasteiger partial charge in [0.05, 0.1) is 0 Å². The van der Waals surface area contributed by atoms with Crippen LogP contribution in [0, 0.1) is 0 Å². The monoisotopic (exact) mass is 299 g/mol. The van der Waals surface area contributed by atoms with E-state index in [0.717, 1.165) is 25.7 Å². The van der Waals surface area contributed by atoms with E-state index in [1.807, 2.05) is 13.0 Å². The quantitative estimate of drug-likeness (QED) is 0.382. The molecule has 1 atom stereocenters. The molecular weight excluding hydrogens is 270 g/mol. The van der Waals surface area contributed by atoms with Crippen molar-refractivity contribution in [3.05, 3.63) is 12.2 Å². The van der Waals surface area contributed by atoms with E-state index in [1.165, 1.54) is 0 Å². The minimum Gasteiger partial charge on any atom is -0.480 e. The van der Waals surface area contributed by atoms with Crippen LogP contribution in [0.1, 0.15) is 65.2 Å². The number of carbonyl (C=O) groups excluding carboxylic acids is 1. The van der Waals surface area contributed by atoms with Crippen LogP contribution in [0.3, 0.4) is 0 Å². The van der Waals surface area contributed by atoms with Crippen LogP contribution in [0.2, 0.25) is 0 Å². The maximum absolute atomic E-state index is 11.9. The first kappa shape index (κ1) is 19.6. The van der Waals surface area contributed by atoms with Crippen molar-refractivity contribution < 1.29 is 19.8 Å². The summed E-state index contributed by atoms with van der Waals surface area (Å²) in [6.07, 6.45) is 8.92. The predicted molar refractivity (Wildman–Crippen MR) is 83.0 cm³/mol. The van der Waals surface area contributed by atoms with Gasteiger partial charge in [-0.2, -0.15) is 0 Å². The van der Waals surface area contributed by atoms with Crippen LogP contribution in [0.15, 0.2) is 12.2 Å². The van der Waals surface area contributed by atoms with Gasteiger partial charge < -0.3 is 15.5 Å². The number of nitrogens with one attached hydrogen (secondary N) is 1. The summed E-state index contributed by atoms with van der Waals surface area (Å²) in [6, 6.07) is 0. The van der Waals surface area contributed by atoms with Gasteiger partial charge in [0.15, 0.2) is 0 Å². The molecule has 0 aliphatic heterocycles. The second-order valence-electron chi connectivity index (χ2n) is 5.33. The normalized spacial score (nSPS) is 14.0. The standard InChI is InChI=1S/C16H29NO4/c1-3-5-7-8-9-10-14(19)17-16(12-13-18,15(20)21)11-6-4-2/h8-9,18H,3-7,10-13H2,1-2H3,(H,17,19)(H,20,21)/b9-8+/t16-/m1/s1. The number of aliphatic hydroxyl groups excluding tert-OH is 1. The highest BCUT2D eigenvalue weighted by Gasteiger charge is 2.38. The summed E-state index contributed by atoms with van der Waals surface area (Å²) in [5.41, 5.74) is -1.35. The van der Waals surface area contributed by atoms with Crippen LogP contribution >= 0.6 is 0 Å². The largest absolute Gasteiger partial charge is 0.480 e. The smallest absolute Gasteiger partial charge is 0.329 e. The summed E-state index contributed by atoms with van der Waals surface area (Å²) >= 11 is 0. The fourth-order valence-electron chi connectivity index (χ4n) is 2.13. The molecule has 0 rings (SSSR count). The first-order chi connectivity index (χ1) is 10.0. The Hall–Kier alpha value is -1.36. The van der Waals surface area contributed by atoms with Crippen LogP contribution in [0.5, 0.6) is 0 Å². The van der Waals surface area contributed by atoms with Crippen molar-refractivity contribution in [1.82, 2.24) is 5.32 Å². The minimum absolute atomic E-state index is 0.0353. The number of hydrogen-bond donors (Lipinski definition) is 3. The molecule has 0 radical (unpaired) electrons. The Kier molecular flexibility index (Phi) is 10.6. The number of aliphatic carboxylic acids is 1. The van der Waals surface area contributed by atoms with Crippen molar-refractivity contribution in [1.29, 1.82) is 0 Å². The lowest BCUT2D eigenvalue weighted by molar-refractivity contribution is -0.148. The third-order valence-electron chi connectivity index (χ3n) is 3.48. The molecule has 0 heterocycles. The van der Waals surface area contributed by atoms with Crippen LogP contribution in [-0.4, -0.2) is 34.2 Å². The van der Waals surface area contributed by atoms with E-state index in [9.17, 15) is 14.7 Å². The van der Waals surface area contributed by atoms with Crippen molar-refractivity contribution in [3.8, 4) is 0 Å². The maximum atomic E-state index is 11.9. The van der Waals surface area contributed by atoms with E-state index >= 15 is 0 Å². The summed E-state index contributed by atoms with van der Waals surface area (Å²) in [4.78, 5) is 23.5. The van der Waals surface area contributed by atoms with Crippen molar-refractivity contribution in [2.45, 2.75) is 70.8 Å². The first-order valence-electron chi connectivity index (χ1n) is 7.82. The number of carbonyl (C=O) groups is 2. The average Bonchev–Trinajstić information content (AvgIpc) is 2.44. The number of unbranched alkanes of at least 4 members (excludes halogenated alkanes) is 3. The third-order valence-corrected chi connectivity index (χ3v) is 3.48. The first-order valence-corrected chi connectivity index (χ1v) is 7.82. The molecule has 0 aliphatic carbocycles. The van der Waals surface area contributed by atoms with E-state index in [4.69, 9.17) is 5.11 Å². The average molecular weight is 299 g/mol. The number of carboxylic acids is 1. The van der Waals surface area contributed by atoms with Gasteiger partial charge in [0.25, 0.3) is 0 Å². The Morgan fingerprint density at radius 3 is 2.29 bits per heavy atom. The molecule has 1 amide bonds. The molecule has 5 nitrogen and oxygen atoms in total. The van der Waals surface area contributed by atoms with Gasteiger partial charge in [-0.1, -0.05) is 51.7 Å². The van der Waals surface area contributed by atoms with Crippen molar-refractivity contribution in [3.63, 3.8) is 0 Å². The Balaban J connectivity index is 4.59. The number of hydrogen-bond acceptors (Lipinski definition) is 3. The van der Waals surface area contributed by atoms with Gasteiger partial charge in [-0.3, -0.25) is 4.79 Å². The number of amides is 1. The molecule has 0 fully saturated rings. The number of rotatable bonds is 12. The minimum atomic E-state index is -1.35. The molecule has 3 N–H and O–H groups in total. The third kappa shape index (κ3) is 7.85. The Bertz CT molecular complexity index is 341. The Morgan fingerprint density at radius 1 is 1.10 bits per heavy atom. The molecule has 122 valence electrons. The van der Waals surface area contributed by atoms with Crippen molar-refractivity contribution >= 4 is 11.9 Å². The maximum Gasteiger partial charge on any atom is 0.329 e. The molecule has 0 aromatic rings. The van der Waals surface area contributed by atoms with Gasteiger partial charge in [-0.25, -0.2) is 4.79 Å². The lowest BCUT2D eigenvalue weighted by atomic mass is 9.89. The van der Waals surface area contributed by atoms with E-state index in [2.05, 4.69) is 12.2 Å². The van der Waals surface area contributed by atoms with Gasteiger partial charge >= 0.3 is 5.97 Å². The number of carboxylic acid groups (broad SMARTS) is 1. The van der Waals surface area contributed by atoms with Gasteiger partial charge in [0.2, 0.25) is 5.91 Å². The van der Waals surface area contributed by atoms with Crippen LogP contribution < -0.4 is 5.32 Å². The second-order valence-corrected chi connectivity index (χ2v) is 5.33. The molecule has 0 bridgehead atoms. The zero-order valence-corrected chi connectivity index (χ0v) is 13.2. The molecule has 0 saturated carbocycles. The zero-order chi connectivity index (χ0) is 16.1. The van der Waals surface area contributed by atoms with E-state index in [0.29, 0.717) is 12.8 Å². The van der Waals surface area contributed by atoms with E-state index in [1.54, 1.807) is 6.08 Å². The lowest BCUT2D eigenvalue weighted by Crippen LogP contribution is -2.55. The summed E-state index contributed by atoms with van der Waals surface area (Å²) in [6.45, 7) is 3.80. The van der Waals surface area contributed by atoms with Crippen LogP contribution in [-0.2, 0) is 9.59 Å². The van der Waals surface area contributed by atoms with Gasteiger partial charge in [-0.05, 0) is 12.8 Å². The van der Waals surface area contributed by atoms with Gasteiger partial charge in [0, 0.05) is 19.4 Å². The summed E-state index contributed by atoms with van der Waals surface area (Å²) in [5.74, 6) is -1.39. The van der Waals surface area contributed by atoms with Gasteiger partial charge in [-0.15, -0.1) is 0 Å². The molecule has 0 aliphatic rings. The van der Waals surface area contributed by atoms with E-state index < -0.39 is 11.5 Å².